The van der Waals surface area contributed by atoms with Crippen molar-refractivity contribution < 1.29 is 9.31 Å². The van der Waals surface area contributed by atoms with Gasteiger partial charge in [-0.3, -0.25) is 15.0 Å². The van der Waals surface area contributed by atoms with E-state index in [1.807, 2.05) is 24.0 Å². The fraction of sp³-hybridized carbons (Fsp3) is 0.471. The highest BCUT2D eigenvalue weighted by Crippen LogP contribution is 2.23. The molecule has 7 heteroatoms. The summed E-state index contributed by atoms with van der Waals surface area (Å²) in [7, 11) is 2.00. The molecule has 1 unspecified atom stereocenters. The highest BCUT2D eigenvalue weighted by atomic mass is 19.1. The first-order valence-corrected chi connectivity index (χ1v) is 8.14. The topological polar surface area (TPSA) is 64.2 Å². The molecule has 0 N–H and O–H groups in total. The van der Waals surface area contributed by atoms with E-state index in [0.29, 0.717) is 18.0 Å². The summed E-state index contributed by atoms with van der Waals surface area (Å²) in [6, 6.07) is 3.90. The second kappa shape index (κ2) is 7.09. The molecule has 1 aromatic carbocycles. The highest BCUT2D eigenvalue weighted by Gasteiger charge is 2.22. The molecular formula is C17H21FN4O2. The van der Waals surface area contributed by atoms with E-state index in [2.05, 4.69) is 9.88 Å². The molecule has 24 heavy (non-hydrogen) atoms. The average Bonchev–Trinajstić information content (AvgIpc) is 2.94. The molecular weight excluding hydrogens is 311 g/mol. The van der Waals surface area contributed by atoms with Crippen LogP contribution < -0.4 is 0 Å². The van der Waals surface area contributed by atoms with Crippen LogP contribution in [0.3, 0.4) is 0 Å². The number of halogens is 1. The number of rotatable bonds is 5. The van der Waals surface area contributed by atoms with Gasteiger partial charge in [0.15, 0.2) is 0 Å². The van der Waals surface area contributed by atoms with Crippen molar-refractivity contribution in [3.8, 4) is 0 Å². The standard InChI is InChI=1S/C17H21FN4O2/c1-20-8-6-19-17(20)9-13-3-2-7-21(11-13)12-14-4-5-15(22(23)24)10-16(14)18/h4-6,8,10,13H,2-3,7,9,11-12H2,1H3. The van der Waals surface area contributed by atoms with Crippen molar-refractivity contribution in [1.82, 2.24) is 14.5 Å². The number of nitrogens with zero attached hydrogens (tertiary/aromatic N) is 4. The minimum Gasteiger partial charge on any atom is -0.338 e. The van der Waals surface area contributed by atoms with Crippen molar-refractivity contribution in [3.63, 3.8) is 0 Å². The Labute approximate surface area is 140 Å². The Bertz CT molecular complexity index is 731. The summed E-state index contributed by atoms with van der Waals surface area (Å²) in [6.45, 7) is 2.30. The fourth-order valence-electron chi connectivity index (χ4n) is 3.33. The summed E-state index contributed by atoms with van der Waals surface area (Å²) in [5.74, 6) is 1.07. The maximum atomic E-state index is 14.1. The van der Waals surface area contributed by atoms with Gasteiger partial charge in [0.25, 0.3) is 5.69 Å². The van der Waals surface area contributed by atoms with Gasteiger partial charge in [-0.25, -0.2) is 9.37 Å². The lowest BCUT2D eigenvalue weighted by Crippen LogP contribution is -2.36. The minimum absolute atomic E-state index is 0.206. The predicted molar refractivity (Wildman–Crippen MR) is 88.0 cm³/mol. The first-order valence-electron chi connectivity index (χ1n) is 8.14. The normalized spacial score (nSPS) is 18.7. The predicted octanol–water partition coefficient (Wildman–Crippen LogP) is 2.92. The van der Waals surface area contributed by atoms with Gasteiger partial charge < -0.3 is 4.57 Å². The Morgan fingerprint density at radius 3 is 2.96 bits per heavy atom. The molecule has 1 atom stereocenters. The molecule has 2 heterocycles. The van der Waals surface area contributed by atoms with Gasteiger partial charge in [-0.1, -0.05) is 0 Å². The zero-order valence-corrected chi connectivity index (χ0v) is 13.7. The van der Waals surface area contributed by atoms with Crippen LogP contribution in [-0.4, -0.2) is 32.5 Å². The number of aromatic nitrogens is 2. The van der Waals surface area contributed by atoms with Crippen LogP contribution in [0.25, 0.3) is 0 Å². The number of benzene rings is 1. The third-order valence-corrected chi connectivity index (χ3v) is 4.64. The van der Waals surface area contributed by atoms with Crippen molar-refractivity contribution in [2.24, 2.45) is 13.0 Å². The lowest BCUT2D eigenvalue weighted by Gasteiger charge is -2.32. The Hall–Kier alpha value is -2.28. The number of imidazole rings is 1. The quantitative estimate of drug-likeness (QED) is 0.624. The molecule has 1 aromatic heterocycles. The third-order valence-electron chi connectivity index (χ3n) is 4.64. The molecule has 1 aliphatic heterocycles. The van der Waals surface area contributed by atoms with Gasteiger partial charge in [-0.2, -0.15) is 0 Å². The van der Waals surface area contributed by atoms with Crippen LogP contribution in [0.1, 0.15) is 24.2 Å². The summed E-state index contributed by atoms with van der Waals surface area (Å²) < 4.78 is 16.1. The van der Waals surface area contributed by atoms with E-state index in [1.165, 1.54) is 12.1 Å². The van der Waals surface area contributed by atoms with Crippen LogP contribution >= 0.6 is 0 Å². The lowest BCUT2D eigenvalue weighted by atomic mass is 9.94. The summed E-state index contributed by atoms with van der Waals surface area (Å²) >= 11 is 0. The van der Waals surface area contributed by atoms with Crippen LogP contribution in [0.5, 0.6) is 0 Å². The molecule has 1 saturated heterocycles. The molecule has 3 rings (SSSR count). The number of piperidine rings is 1. The van der Waals surface area contributed by atoms with Crippen molar-refractivity contribution >= 4 is 5.69 Å². The Morgan fingerprint density at radius 1 is 1.46 bits per heavy atom. The number of nitro benzene ring substituents is 1. The van der Waals surface area contributed by atoms with Crippen molar-refractivity contribution in [2.75, 3.05) is 13.1 Å². The summed E-state index contributed by atoms with van der Waals surface area (Å²) in [5.41, 5.74) is 0.306. The second-order valence-corrected chi connectivity index (χ2v) is 6.43. The number of hydrogen-bond acceptors (Lipinski definition) is 4. The first kappa shape index (κ1) is 16.6. The van der Waals surface area contributed by atoms with Crippen molar-refractivity contribution in [2.45, 2.75) is 25.8 Å². The van der Waals surface area contributed by atoms with Gasteiger partial charge in [0.2, 0.25) is 0 Å². The number of nitro groups is 1. The molecule has 128 valence electrons. The zero-order chi connectivity index (χ0) is 17.1. The Kier molecular flexibility index (Phi) is 4.89. The maximum Gasteiger partial charge on any atom is 0.272 e. The van der Waals surface area contributed by atoms with Gasteiger partial charge in [0.05, 0.1) is 11.0 Å². The number of likely N-dealkylation sites (tertiary alicyclic amines) is 1. The summed E-state index contributed by atoms with van der Waals surface area (Å²) in [4.78, 5) is 16.7. The number of hydrogen-bond donors (Lipinski definition) is 0. The highest BCUT2D eigenvalue weighted by molar-refractivity contribution is 5.34. The fourth-order valence-corrected chi connectivity index (χ4v) is 3.33. The molecule has 6 nitrogen and oxygen atoms in total. The van der Waals surface area contributed by atoms with E-state index in [0.717, 1.165) is 44.2 Å². The van der Waals surface area contributed by atoms with E-state index in [-0.39, 0.29) is 5.69 Å². The zero-order valence-electron chi connectivity index (χ0n) is 13.7. The molecule has 1 fully saturated rings. The van der Waals surface area contributed by atoms with Gasteiger partial charge in [0, 0.05) is 50.6 Å². The number of non-ortho nitro benzene ring substituents is 1. The molecule has 1 aliphatic rings. The van der Waals surface area contributed by atoms with E-state index in [4.69, 9.17) is 0 Å². The van der Waals surface area contributed by atoms with Crippen molar-refractivity contribution in [3.05, 3.63) is 57.9 Å². The van der Waals surface area contributed by atoms with Gasteiger partial charge >= 0.3 is 0 Å². The van der Waals surface area contributed by atoms with Crippen LogP contribution in [0, 0.1) is 21.8 Å². The van der Waals surface area contributed by atoms with E-state index in [9.17, 15) is 14.5 Å². The second-order valence-electron chi connectivity index (χ2n) is 6.43. The Balaban J connectivity index is 1.63. The maximum absolute atomic E-state index is 14.1. The van der Waals surface area contributed by atoms with Crippen molar-refractivity contribution in [1.29, 1.82) is 0 Å². The largest absolute Gasteiger partial charge is 0.338 e. The monoisotopic (exact) mass is 332 g/mol. The summed E-state index contributed by atoms with van der Waals surface area (Å²) in [5, 5.41) is 10.7. The molecule has 0 radical (unpaired) electrons. The van der Waals surface area contributed by atoms with E-state index >= 15 is 0 Å². The third kappa shape index (κ3) is 3.79. The van der Waals surface area contributed by atoms with Crippen LogP contribution in [0.4, 0.5) is 10.1 Å². The van der Waals surface area contributed by atoms with Gasteiger partial charge in [0.1, 0.15) is 11.6 Å². The number of aryl methyl sites for hydroxylation is 1. The van der Waals surface area contributed by atoms with Crippen LogP contribution in [0.2, 0.25) is 0 Å². The molecule has 0 spiro atoms. The molecule has 0 saturated carbocycles. The summed E-state index contributed by atoms with van der Waals surface area (Å²) in [6.07, 6.45) is 6.89. The van der Waals surface area contributed by atoms with Gasteiger partial charge in [-0.15, -0.1) is 0 Å². The molecule has 2 aromatic rings. The molecule has 0 bridgehead atoms. The first-order chi connectivity index (χ1) is 11.5. The van der Waals surface area contributed by atoms with E-state index < -0.39 is 10.7 Å². The average molecular weight is 332 g/mol. The van der Waals surface area contributed by atoms with Crippen LogP contribution in [-0.2, 0) is 20.0 Å². The van der Waals surface area contributed by atoms with E-state index in [1.54, 1.807) is 0 Å². The smallest absolute Gasteiger partial charge is 0.272 e. The minimum atomic E-state index is -0.573. The molecule has 0 amide bonds. The van der Waals surface area contributed by atoms with Crippen LogP contribution in [0.15, 0.2) is 30.6 Å². The lowest BCUT2D eigenvalue weighted by molar-refractivity contribution is -0.385. The SMILES string of the molecule is Cn1ccnc1CC1CCCN(Cc2ccc([N+](=O)[O-])cc2F)C1. The molecule has 0 aliphatic carbocycles. The Morgan fingerprint density at radius 2 is 2.29 bits per heavy atom. The van der Waals surface area contributed by atoms with Gasteiger partial charge in [-0.05, 0) is 31.4 Å².